The van der Waals surface area contributed by atoms with E-state index in [0.29, 0.717) is 0 Å². The van der Waals surface area contributed by atoms with Gasteiger partial charge in [-0.2, -0.15) is 74.6 Å². The molecule has 0 saturated heterocycles. The molecule has 0 bridgehead atoms. The topological polar surface area (TPSA) is 18.5 Å². The summed E-state index contributed by atoms with van der Waals surface area (Å²) in [6.45, 7) is 0. The summed E-state index contributed by atoms with van der Waals surface area (Å²) < 4.78 is 218. The second kappa shape index (κ2) is 8.30. The first kappa shape index (κ1) is 30.9. The van der Waals surface area contributed by atoms with Crippen molar-refractivity contribution in [1.82, 2.24) is 0 Å². The van der Waals surface area contributed by atoms with E-state index < -0.39 is 48.3 Å². The SMILES string of the molecule is COC(C(F)(F)F)(C(F)(F)F)C(F)(F)F.COC(F)(F)C(F)(C(F)(F)F)C(F)(F)F. The van der Waals surface area contributed by atoms with Gasteiger partial charge < -0.3 is 9.47 Å². The number of hydrogen-bond donors (Lipinski definition) is 0. The van der Waals surface area contributed by atoms with Gasteiger partial charge in [-0.3, -0.25) is 0 Å². The Bertz CT molecular complexity index is 496. The summed E-state index contributed by atoms with van der Waals surface area (Å²) in [6, 6.07) is 0. The summed E-state index contributed by atoms with van der Waals surface area (Å²) in [4.78, 5) is 0. The first-order valence-electron chi connectivity index (χ1n) is 6.13. The van der Waals surface area contributed by atoms with Crippen molar-refractivity contribution in [3.63, 3.8) is 0 Å². The lowest BCUT2D eigenvalue weighted by Crippen LogP contribution is -2.67. The van der Waals surface area contributed by atoms with Crippen molar-refractivity contribution >= 4 is 0 Å². The Morgan fingerprint density at radius 1 is 0.367 bits per heavy atom. The first-order valence-corrected chi connectivity index (χ1v) is 6.13. The van der Waals surface area contributed by atoms with Gasteiger partial charge in [0.05, 0.1) is 0 Å². The molecule has 0 radical (unpaired) electrons. The molecular formula is C10H6F18O2. The van der Waals surface area contributed by atoms with Crippen LogP contribution in [0.15, 0.2) is 0 Å². The van der Waals surface area contributed by atoms with Crippen molar-refractivity contribution in [2.24, 2.45) is 0 Å². The largest absolute Gasteiger partial charge is 0.440 e. The van der Waals surface area contributed by atoms with Crippen LogP contribution in [0.1, 0.15) is 0 Å². The number of rotatable bonds is 3. The molecule has 184 valence electrons. The second-order valence-corrected chi connectivity index (χ2v) is 4.75. The van der Waals surface area contributed by atoms with Crippen molar-refractivity contribution in [2.75, 3.05) is 14.2 Å². The Labute approximate surface area is 152 Å². The fraction of sp³-hybridized carbons (Fsp3) is 1.00. The number of alkyl halides is 18. The quantitative estimate of drug-likeness (QED) is 0.436. The fourth-order valence-corrected chi connectivity index (χ4v) is 1.46. The minimum atomic E-state index is -6.84. The third kappa shape index (κ3) is 5.10. The van der Waals surface area contributed by atoms with Crippen molar-refractivity contribution in [3.8, 4) is 0 Å². The standard InChI is InChI=1S/2C5H3F9O/c1-15-2(3(6,7)8,4(9,10)11)5(12,13)14;1-15-5(13,14)2(6,3(7,8)9)4(10,11)12/h2*1H3. The molecular weight excluding hydrogens is 494 g/mol. The van der Waals surface area contributed by atoms with Crippen LogP contribution in [0.25, 0.3) is 0 Å². The molecule has 0 unspecified atom stereocenters. The Hall–Kier alpha value is -1.34. The van der Waals surface area contributed by atoms with Crippen molar-refractivity contribution in [3.05, 3.63) is 0 Å². The highest BCUT2D eigenvalue weighted by Gasteiger charge is 2.86. The molecule has 0 aliphatic carbocycles. The molecule has 0 aliphatic rings. The van der Waals surface area contributed by atoms with E-state index in [9.17, 15) is 79.0 Å². The lowest BCUT2D eigenvalue weighted by Gasteiger charge is -2.36. The summed E-state index contributed by atoms with van der Waals surface area (Å²) >= 11 is 0. The normalized spacial score (nSPS) is 15.6. The highest BCUT2D eigenvalue weighted by atomic mass is 19.4. The van der Waals surface area contributed by atoms with Gasteiger partial charge in [0, 0.05) is 14.2 Å². The fourth-order valence-electron chi connectivity index (χ4n) is 1.46. The monoisotopic (exact) mass is 500 g/mol. The van der Waals surface area contributed by atoms with Gasteiger partial charge in [-0.25, -0.2) is 4.39 Å². The minimum Gasteiger partial charge on any atom is -0.355 e. The third-order valence-corrected chi connectivity index (χ3v) is 2.94. The Balaban J connectivity index is 0. The van der Waals surface area contributed by atoms with E-state index in [-0.39, 0.29) is 14.2 Å². The molecule has 0 saturated carbocycles. The molecule has 0 amide bonds. The molecule has 0 aromatic rings. The van der Waals surface area contributed by atoms with Crippen LogP contribution in [0.3, 0.4) is 0 Å². The maximum absolute atomic E-state index is 12.5. The average Bonchev–Trinajstić information content (AvgIpc) is 2.40. The van der Waals surface area contributed by atoms with E-state index in [1.807, 2.05) is 0 Å². The molecule has 0 rings (SSSR count). The highest BCUT2D eigenvalue weighted by molar-refractivity contribution is 5.02. The molecule has 2 nitrogen and oxygen atoms in total. The van der Waals surface area contributed by atoms with Crippen LogP contribution in [-0.4, -0.2) is 62.5 Å². The van der Waals surface area contributed by atoms with Gasteiger partial charge in [-0.05, 0) is 0 Å². The number of methoxy groups -OCH3 is 2. The Morgan fingerprint density at radius 3 is 0.633 bits per heavy atom. The molecule has 30 heavy (non-hydrogen) atoms. The lowest BCUT2D eigenvalue weighted by molar-refractivity contribution is -0.452. The zero-order valence-electron chi connectivity index (χ0n) is 13.6. The summed E-state index contributed by atoms with van der Waals surface area (Å²) in [5, 5.41) is 0. The van der Waals surface area contributed by atoms with Gasteiger partial charge in [0.1, 0.15) is 0 Å². The number of halogens is 18. The van der Waals surface area contributed by atoms with Crippen LogP contribution in [0.4, 0.5) is 79.0 Å². The van der Waals surface area contributed by atoms with Crippen LogP contribution in [0.5, 0.6) is 0 Å². The van der Waals surface area contributed by atoms with Gasteiger partial charge in [0.25, 0.3) is 0 Å². The van der Waals surface area contributed by atoms with Gasteiger partial charge in [0.15, 0.2) is 0 Å². The van der Waals surface area contributed by atoms with Crippen LogP contribution in [0.2, 0.25) is 0 Å². The van der Waals surface area contributed by atoms with E-state index >= 15 is 0 Å². The second-order valence-electron chi connectivity index (χ2n) is 4.75. The highest BCUT2D eigenvalue weighted by Crippen LogP contribution is 2.55. The molecule has 0 aromatic carbocycles. The first-order chi connectivity index (χ1) is 12.6. The molecule has 0 aliphatic heterocycles. The summed E-state index contributed by atoms with van der Waals surface area (Å²) in [5.41, 5.74) is -12.9. The summed E-state index contributed by atoms with van der Waals surface area (Å²) in [6.07, 6.45) is -39.7. The molecule has 0 spiro atoms. The maximum Gasteiger partial charge on any atom is 0.440 e. The summed E-state index contributed by atoms with van der Waals surface area (Å²) in [5.74, 6) is 0. The van der Waals surface area contributed by atoms with E-state index in [1.165, 1.54) is 0 Å². The average molecular weight is 500 g/mol. The van der Waals surface area contributed by atoms with Gasteiger partial charge >= 0.3 is 48.3 Å². The number of hydrogen-bond acceptors (Lipinski definition) is 2. The van der Waals surface area contributed by atoms with Crippen molar-refractivity contribution in [2.45, 2.75) is 48.3 Å². The van der Waals surface area contributed by atoms with E-state index in [1.54, 1.807) is 0 Å². The van der Waals surface area contributed by atoms with Crippen LogP contribution in [-0.2, 0) is 9.47 Å². The molecule has 0 heterocycles. The zero-order chi connectivity index (χ0) is 25.4. The molecule has 0 N–H and O–H groups in total. The Kier molecular flexibility index (Phi) is 8.54. The van der Waals surface area contributed by atoms with Crippen molar-refractivity contribution < 1.29 is 88.5 Å². The zero-order valence-corrected chi connectivity index (χ0v) is 13.6. The predicted molar refractivity (Wildman–Crippen MR) is 55.8 cm³/mol. The molecule has 20 heteroatoms. The van der Waals surface area contributed by atoms with Gasteiger partial charge in [0.2, 0.25) is 0 Å². The lowest BCUT2D eigenvalue weighted by atomic mass is 10.0. The molecule has 0 atom stereocenters. The van der Waals surface area contributed by atoms with Gasteiger partial charge in [-0.1, -0.05) is 0 Å². The van der Waals surface area contributed by atoms with E-state index in [4.69, 9.17) is 0 Å². The molecule has 0 fully saturated rings. The smallest absolute Gasteiger partial charge is 0.355 e. The van der Waals surface area contributed by atoms with Gasteiger partial charge in [-0.15, -0.1) is 0 Å². The van der Waals surface area contributed by atoms with E-state index in [2.05, 4.69) is 9.47 Å². The third-order valence-electron chi connectivity index (χ3n) is 2.94. The van der Waals surface area contributed by atoms with Crippen LogP contribution < -0.4 is 0 Å². The van der Waals surface area contributed by atoms with Crippen LogP contribution in [0, 0.1) is 0 Å². The minimum absolute atomic E-state index is 0.175. The Morgan fingerprint density at radius 2 is 0.600 bits per heavy atom. The molecule has 0 aromatic heterocycles. The van der Waals surface area contributed by atoms with Crippen LogP contribution >= 0.6 is 0 Å². The predicted octanol–water partition coefficient (Wildman–Crippen LogP) is 6.12. The number of ether oxygens (including phenoxy) is 2. The van der Waals surface area contributed by atoms with E-state index in [0.717, 1.165) is 0 Å². The van der Waals surface area contributed by atoms with Crippen molar-refractivity contribution in [1.29, 1.82) is 0 Å². The summed E-state index contributed by atoms with van der Waals surface area (Å²) in [7, 11) is -0.486. The maximum atomic E-state index is 12.5.